The lowest BCUT2D eigenvalue weighted by Crippen LogP contribution is -2.54. The minimum Gasteiger partial charge on any atom is -0.326 e. The zero-order chi connectivity index (χ0) is 19.8. The minimum absolute atomic E-state index is 1.10. The quantitative estimate of drug-likeness (QED) is 0.644. The van der Waals surface area contributed by atoms with Crippen molar-refractivity contribution in [2.75, 3.05) is 20.6 Å². The molecule has 144 valence electrons. The van der Waals surface area contributed by atoms with Gasteiger partial charge in [0.25, 0.3) is 0 Å². The molecule has 0 radical (unpaired) electrons. The van der Waals surface area contributed by atoms with Crippen molar-refractivity contribution in [2.45, 2.75) is 46.2 Å². The highest BCUT2D eigenvalue weighted by atomic mass is 28.3. The molecule has 0 aliphatic heterocycles. The molecular weight excluding hydrogens is 348 g/mol. The van der Waals surface area contributed by atoms with Gasteiger partial charge in [0.05, 0.1) is 0 Å². The van der Waals surface area contributed by atoms with E-state index < -0.39 is 16.5 Å². The smallest absolute Gasteiger partial charge is 0.153 e. The Morgan fingerprint density at radius 1 is 0.731 bits per heavy atom. The van der Waals surface area contributed by atoms with Crippen LogP contribution in [-0.2, 0) is 6.54 Å². The molecule has 26 heavy (non-hydrogen) atoms. The summed E-state index contributed by atoms with van der Waals surface area (Å²) in [5.74, 6) is 0. The number of hydrogen-bond donors (Lipinski definition) is 0. The highest BCUT2D eigenvalue weighted by Gasteiger charge is 2.25. The minimum atomic E-state index is -1.32. The Morgan fingerprint density at radius 3 is 1.58 bits per heavy atom. The molecule has 0 saturated heterocycles. The molecule has 2 nitrogen and oxygen atoms in total. The Morgan fingerprint density at radius 2 is 1.19 bits per heavy atom. The molecule has 0 aliphatic rings. The van der Waals surface area contributed by atoms with Gasteiger partial charge in [-0.15, -0.1) is 0 Å². The van der Waals surface area contributed by atoms with Gasteiger partial charge in [-0.3, -0.25) is 0 Å². The van der Waals surface area contributed by atoms with Crippen LogP contribution >= 0.6 is 0 Å². The predicted octanol–water partition coefficient (Wildman–Crippen LogP) is 5.00. The van der Waals surface area contributed by atoms with Crippen molar-refractivity contribution in [1.29, 1.82) is 0 Å². The third-order valence-corrected chi connectivity index (χ3v) is 11.5. The molecule has 0 heterocycles. The maximum absolute atomic E-state index is 2.61. The molecule has 0 aromatic heterocycles. The van der Waals surface area contributed by atoms with Gasteiger partial charge in [0, 0.05) is 6.54 Å². The standard InChI is InChI=1S/C12H21NSi.C10H17NSi/c1-5-13(14(2,3)4)11-12-9-7-6-8-10-12;1-11(2)12(3,4)10-8-6-5-7-9-10/h6-10H,5,11H2,1-4H3;5-9H,1-4H3. The van der Waals surface area contributed by atoms with Crippen LogP contribution in [0.15, 0.2) is 60.7 Å². The Hall–Kier alpha value is -1.21. The summed E-state index contributed by atoms with van der Waals surface area (Å²) in [7, 11) is 1.87. The van der Waals surface area contributed by atoms with Crippen LogP contribution in [0.3, 0.4) is 0 Å². The molecule has 2 aromatic carbocycles. The third-order valence-electron chi connectivity index (χ3n) is 5.14. The first kappa shape index (κ1) is 22.8. The van der Waals surface area contributed by atoms with Crippen molar-refractivity contribution in [1.82, 2.24) is 9.13 Å². The lowest BCUT2D eigenvalue weighted by atomic mass is 10.2. The molecule has 0 bridgehead atoms. The second-order valence-corrected chi connectivity index (χ2v) is 18.1. The molecule has 2 rings (SSSR count). The first-order valence-corrected chi connectivity index (χ1v) is 16.0. The van der Waals surface area contributed by atoms with Crippen molar-refractivity contribution in [2.24, 2.45) is 0 Å². The summed E-state index contributed by atoms with van der Waals surface area (Å²) in [4.78, 5) is 0. The molecule has 0 saturated carbocycles. The number of rotatable bonds is 6. The summed E-state index contributed by atoms with van der Waals surface area (Å²) in [5.41, 5.74) is 1.43. The monoisotopic (exact) mass is 386 g/mol. The Labute approximate surface area is 164 Å². The van der Waals surface area contributed by atoms with Gasteiger partial charge in [-0.1, -0.05) is 100 Å². The van der Waals surface area contributed by atoms with Gasteiger partial charge < -0.3 is 9.13 Å². The number of benzene rings is 2. The van der Waals surface area contributed by atoms with Crippen LogP contribution in [0.4, 0.5) is 0 Å². The third kappa shape index (κ3) is 7.19. The van der Waals surface area contributed by atoms with Crippen LogP contribution in [0.5, 0.6) is 0 Å². The van der Waals surface area contributed by atoms with E-state index in [1.807, 2.05) is 0 Å². The summed E-state index contributed by atoms with van der Waals surface area (Å²) >= 11 is 0. The van der Waals surface area contributed by atoms with Crippen molar-refractivity contribution in [3.63, 3.8) is 0 Å². The van der Waals surface area contributed by atoms with Crippen LogP contribution in [0.25, 0.3) is 0 Å². The van der Waals surface area contributed by atoms with E-state index in [0.717, 1.165) is 13.1 Å². The molecule has 0 fully saturated rings. The fourth-order valence-electron chi connectivity index (χ4n) is 2.73. The van der Waals surface area contributed by atoms with E-state index in [-0.39, 0.29) is 0 Å². The van der Waals surface area contributed by atoms with Gasteiger partial charge in [-0.25, -0.2) is 0 Å². The molecule has 0 atom stereocenters. The average Bonchev–Trinajstić information content (AvgIpc) is 2.60. The van der Waals surface area contributed by atoms with Crippen LogP contribution < -0.4 is 5.19 Å². The van der Waals surface area contributed by atoms with E-state index in [0.29, 0.717) is 0 Å². The Bertz CT molecular complexity index is 620. The molecule has 2 aromatic rings. The first-order chi connectivity index (χ1) is 12.1. The molecule has 4 heteroatoms. The van der Waals surface area contributed by atoms with Crippen LogP contribution in [0.2, 0.25) is 32.7 Å². The van der Waals surface area contributed by atoms with Crippen LogP contribution in [0, 0.1) is 0 Å². The fraction of sp³-hybridized carbons (Fsp3) is 0.455. The summed E-state index contributed by atoms with van der Waals surface area (Å²) in [5, 5.41) is 1.50. The highest BCUT2D eigenvalue weighted by molar-refractivity contribution is 6.87. The summed E-state index contributed by atoms with van der Waals surface area (Å²) < 4.78 is 4.98. The highest BCUT2D eigenvalue weighted by Crippen LogP contribution is 2.13. The van der Waals surface area contributed by atoms with Gasteiger partial charge in [-0.05, 0) is 31.4 Å². The zero-order valence-corrected chi connectivity index (χ0v) is 20.1. The van der Waals surface area contributed by atoms with E-state index in [1.165, 1.54) is 10.8 Å². The lowest BCUT2D eigenvalue weighted by Gasteiger charge is -2.33. The second kappa shape index (κ2) is 10.2. The van der Waals surface area contributed by atoms with Crippen molar-refractivity contribution in [3.05, 3.63) is 66.2 Å². The maximum Gasteiger partial charge on any atom is 0.153 e. The van der Waals surface area contributed by atoms with E-state index in [2.05, 4.69) is 124 Å². The Kier molecular flexibility index (Phi) is 8.97. The topological polar surface area (TPSA) is 6.48 Å². The maximum atomic E-state index is 2.61. The van der Waals surface area contributed by atoms with E-state index in [9.17, 15) is 0 Å². The van der Waals surface area contributed by atoms with E-state index in [4.69, 9.17) is 0 Å². The lowest BCUT2D eigenvalue weighted by molar-refractivity contribution is 0.440. The van der Waals surface area contributed by atoms with E-state index in [1.54, 1.807) is 0 Å². The molecule has 0 amide bonds. The van der Waals surface area contributed by atoms with Gasteiger partial charge in [-0.2, -0.15) is 0 Å². The van der Waals surface area contributed by atoms with Crippen molar-refractivity contribution < 1.29 is 0 Å². The second-order valence-electron chi connectivity index (χ2n) is 8.49. The molecule has 0 spiro atoms. The number of nitrogens with zero attached hydrogens (tertiary/aromatic N) is 2. The van der Waals surface area contributed by atoms with Gasteiger partial charge >= 0.3 is 0 Å². The fourth-order valence-corrected chi connectivity index (χ4v) is 5.86. The Balaban J connectivity index is 0.000000263. The SMILES string of the molecule is CCN(Cc1ccccc1)[Si](C)(C)C.CN(C)[Si](C)(C)c1ccccc1. The van der Waals surface area contributed by atoms with E-state index >= 15 is 0 Å². The average molecular weight is 387 g/mol. The molecule has 0 aliphatic carbocycles. The predicted molar refractivity (Wildman–Crippen MR) is 123 cm³/mol. The van der Waals surface area contributed by atoms with Crippen LogP contribution in [-0.4, -0.2) is 46.2 Å². The zero-order valence-electron chi connectivity index (χ0n) is 18.1. The van der Waals surface area contributed by atoms with Gasteiger partial charge in [0.1, 0.15) is 8.24 Å². The number of hydrogen-bond acceptors (Lipinski definition) is 2. The molecule has 0 unspecified atom stereocenters. The summed E-state index contributed by atoms with van der Waals surface area (Å²) in [6.45, 7) is 16.4. The van der Waals surface area contributed by atoms with Crippen molar-refractivity contribution in [3.8, 4) is 0 Å². The molecular formula is C22H38N2Si2. The largest absolute Gasteiger partial charge is 0.326 e. The van der Waals surface area contributed by atoms with Gasteiger partial charge in [0.15, 0.2) is 8.24 Å². The normalized spacial score (nSPS) is 12.1. The summed E-state index contributed by atoms with van der Waals surface area (Å²) in [6.07, 6.45) is 0. The van der Waals surface area contributed by atoms with Crippen LogP contribution in [0.1, 0.15) is 12.5 Å². The van der Waals surface area contributed by atoms with Gasteiger partial charge in [0.2, 0.25) is 0 Å². The summed E-state index contributed by atoms with van der Waals surface area (Å²) in [6, 6.07) is 21.5. The first-order valence-electron chi connectivity index (χ1n) is 9.61. The molecule has 0 N–H and O–H groups in total. The van der Waals surface area contributed by atoms with Crippen molar-refractivity contribution >= 4 is 21.7 Å².